The molecule has 0 bridgehead atoms. The molecule has 0 saturated heterocycles. The molecule has 0 aliphatic heterocycles. The Morgan fingerprint density at radius 2 is 1.61 bits per heavy atom. The van der Waals surface area contributed by atoms with Crippen LogP contribution in [-0.4, -0.2) is 53.7 Å². The molecule has 1 heterocycles. The van der Waals surface area contributed by atoms with Gasteiger partial charge in [-0.2, -0.15) is 0 Å². The van der Waals surface area contributed by atoms with Crippen LogP contribution in [0.3, 0.4) is 0 Å². The van der Waals surface area contributed by atoms with Gasteiger partial charge in [0, 0.05) is 19.0 Å². The molecular formula is C23H24N4O4. The average molecular weight is 420 g/mol. The number of aryl methyl sites for hydroxylation is 1. The predicted octanol–water partition coefficient (Wildman–Crippen LogP) is 2.31. The van der Waals surface area contributed by atoms with Crippen molar-refractivity contribution in [2.24, 2.45) is 7.05 Å². The monoisotopic (exact) mass is 420 g/mol. The molecule has 160 valence electrons. The molecule has 0 saturated carbocycles. The summed E-state index contributed by atoms with van der Waals surface area (Å²) in [7, 11) is 1.73. The molecule has 0 radical (unpaired) electrons. The number of carboxylic acid groups (broad SMARTS) is 1. The first-order valence-corrected chi connectivity index (χ1v) is 9.79. The number of rotatable bonds is 9. The molecule has 0 aliphatic carbocycles. The lowest BCUT2D eigenvalue weighted by Gasteiger charge is -2.15. The van der Waals surface area contributed by atoms with E-state index in [0.717, 1.165) is 16.7 Å². The largest absolute Gasteiger partial charge is 0.481 e. The fourth-order valence-electron chi connectivity index (χ4n) is 3.26. The van der Waals surface area contributed by atoms with E-state index in [2.05, 4.69) is 15.5 Å². The zero-order valence-electron chi connectivity index (χ0n) is 17.0. The minimum absolute atomic E-state index is 0.0981. The van der Waals surface area contributed by atoms with Crippen LogP contribution in [0.1, 0.15) is 29.8 Å². The maximum Gasteiger partial charge on any atom is 0.305 e. The number of allylic oxidation sites excluding steroid dienone is 2. The molecule has 1 aromatic heterocycles. The molecule has 8 nitrogen and oxygen atoms in total. The van der Waals surface area contributed by atoms with Crippen LogP contribution in [-0.2, 0) is 11.8 Å². The van der Waals surface area contributed by atoms with Crippen molar-refractivity contribution in [3.63, 3.8) is 0 Å². The van der Waals surface area contributed by atoms with Crippen molar-refractivity contribution in [2.45, 2.75) is 25.0 Å². The molecular weight excluding hydrogens is 396 g/mol. The number of aliphatic hydroxyl groups is 2. The van der Waals surface area contributed by atoms with Gasteiger partial charge in [0.2, 0.25) is 0 Å². The molecule has 0 aliphatic rings. The molecule has 8 heteroatoms. The van der Waals surface area contributed by atoms with Crippen molar-refractivity contribution in [3.8, 4) is 0 Å². The van der Waals surface area contributed by atoms with Gasteiger partial charge in [-0.1, -0.05) is 72.8 Å². The highest BCUT2D eigenvalue weighted by Crippen LogP contribution is 2.32. The summed E-state index contributed by atoms with van der Waals surface area (Å²) in [6, 6.07) is 19.5. The summed E-state index contributed by atoms with van der Waals surface area (Å²) in [5, 5.41) is 40.8. The van der Waals surface area contributed by atoms with E-state index in [4.69, 9.17) is 5.11 Å². The third-order valence-corrected chi connectivity index (χ3v) is 4.66. The molecule has 3 rings (SSSR count). The summed E-state index contributed by atoms with van der Waals surface area (Å²) < 4.78 is 1.54. The maximum atomic E-state index is 10.8. The molecule has 0 fully saturated rings. The fraction of sp³-hybridized carbons (Fsp3) is 0.217. The highest BCUT2D eigenvalue weighted by Gasteiger charge is 2.18. The number of hydrogen-bond acceptors (Lipinski definition) is 6. The van der Waals surface area contributed by atoms with E-state index >= 15 is 0 Å². The number of nitrogens with zero attached hydrogens (tertiary/aromatic N) is 4. The molecule has 3 N–H and O–H groups in total. The van der Waals surface area contributed by atoms with Gasteiger partial charge >= 0.3 is 5.97 Å². The van der Waals surface area contributed by atoms with Crippen LogP contribution in [0, 0.1) is 0 Å². The van der Waals surface area contributed by atoms with Crippen LogP contribution in [0.4, 0.5) is 0 Å². The Morgan fingerprint density at radius 1 is 1.03 bits per heavy atom. The zero-order chi connectivity index (χ0) is 22.2. The molecule has 0 amide bonds. The van der Waals surface area contributed by atoms with Crippen molar-refractivity contribution >= 4 is 17.1 Å². The third kappa shape index (κ3) is 5.94. The summed E-state index contributed by atoms with van der Waals surface area (Å²) in [6.45, 7) is 0. The number of aliphatic hydroxyl groups excluding tert-OH is 2. The summed E-state index contributed by atoms with van der Waals surface area (Å²) in [5.74, 6) is -0.623. The van der Waals surface area contributed by atoms with Crippen molar-refractivity contribution in [1.29, 1.82) is 0 Å². The smallest absolute Gasteiger partial charge is 0.305 e. The van der Waals surface area contributed by atoms with Gasteiger partial charge in [0.05, 0.1) is 18.6 Å². The second-order valence-electron chi connectivity index (χ2n) is 7.06. The zero-order valence-corrected chi connectivity index (χ0v) is 17.0. The highest BCUT2D eigenvalue weighted by atomic mass is 16.4. The van der Waals surface area contributed by atoms with Gasteiger partial charge in [-0.3, -0.25) is 4.79 Å². The van der Waals surface area contributed by atoms with E-state index in [-0.39, 0.29) is 6.42 Å². The van der Waals surface area contributed by atoms with Crippen LogP contribution >= 0.6 is 0 Å². The average Bonchev–Trinajstić information content (AvgIpc) is 3.17. The Kier molecular flexibility index (Phi) is 7.42. The Morgan fingerprint density at radius 3 is 2.10 bits per heavy atom. The number of benzene rings is 2. The van der Waals surface area contributed by atoms with Gasteiger partial charge in [-0.25, -0.2) is 4.68 Å². The van der Waals surface area contributed by atoms with Gasteiger partial charge in [0.1, 0.15) is 0 Å². The molecule has 3 aromatic rings. The Balaban J connectivity index is 2.09. The van der Waals surface area contributed by atoms with E-state index in [1.807, 2.05) is 60.7 Å². The van der Waals surface area contributed by atoms with E-state index in [0.29, 0.717) is 11.4 Å². The SMILES string of the molecule is Cn1nnnc1C(/C=C/C(O)CC(O)CC(=O)O)=C(c1ccccc1)c1ccccc1. The number of aliphatic carboxylic acids is 1. The number of hydrogen-bond donors (Lipinski definition) is 3. The first-order valence-electron chi connectivity index (χ1n) is 9.79. The second-order valence-corrected chi connectivity index (χ2v) is 7.06. The fourth-order valence-corrected chi connectivity index (χ4v) is 3.26. The van der Waals surface area contributed by atoms with E-state index in [1.54, 1.807) is 13.1 Å². The Bertz CT molecular complexity index is 1020. The standard InChI is InChI=1S/C23H24N4O4/c1-27-23(24-25-26-27)20(13-12-18(28)14-19(29)15-21(30)31)22(16-8-4-2-5-9-16)17-10-6-3-7-11-17/h2-13,18-19,28-29H,14-15H2,1H3,(H,30,31)/b13-12+. The third-order valence-electron chi connectivity index (χ3n) is 4.66. The van der Waals surface area contributed by atoms with Gasteiger partial charge in [-0.05, 0) is 27.1 Å². The normalized spacial score (nSPS) is 13.1. The number of carbonyl (C=O) groups is 1. The summed E-state index contributed by atoms with van der Waals surface area (Å²) >= 11 is 0. The van der Waals surface area contributed by atoms with E-state index in [1.165, 1.54) is 10.8 Å². The lowest BCUT2D eigenvalue weighted by Crippen LogP contribution is -2.19. The first kappa shape index (κ1) is 22.1. The topological polar surface area (TPSA) is 121 Å². The van der Waals surface area contributed by atoms with Crippen molar-refractivity contribution in [3.05, 3.63) is 89.8 Å². The van der Waals surface area contributed by atoms with Crippen molar-refractivity contribution < 1.29 is 20.1 Å². The van der Waals surface area contributed by atoms with Crippen LogP contribution in [0.15, 0.2) is 72.8 Å². The lowest BCUT2D eigenvalue weighted by atomic mass is 9.92. The second kappa shape index (κ2) is 10.4. The van der Waals surface area contributed by atoms with Crippen LogP contribution in [0.25, 0.3) is 11.1 Å². The molecule has 2 atom stereocenters. The summed E-state index contributed by atoms with van der Waals surface area (Å²) in [5.41, 5.74) is 3.43. The number of aromatic nitrogens is 4. The molecule has 2 unspecified atom stereocenters. The van der Waals surface area contributed by atoms with Crippen LogP contribution in [0.5, 0.6) is 0 Å². The lowest BCUT2D eigenvalue weighted by molar-refractivity contribution is -0.139. The van der Waals surface area contributed by atoms with Gasteiger partial charge in [0.15, 0.2) is 5.82 Å². The van der Waals surface area contributed by atoms with Gasteiger partial charge in [-0.15, -0.1) is 5.10 Å². The van der Waals surface area contributed by atoms with Crippen LogP contribution < -0.4 is 0 Å². The Hall–Kier alpha value is -3.62. The van der Waals surface area contributed by atoms with Gasteiger partial charge in [0.25, 0.3) is 0 Å². The maximum absolute atomic E-state index is 10.8. The predicted molar refractivity (Wildman–Crippen MR) is 116 cm³/mol. The molecule has 0 spiro atoms. The van der Waals surface area contributed by atoms with Crippen molar-refractivity contribution in [2.75, 3.05) is 0 Å². The molecule has 31 heavy (non-hydrogen) atoms. The molecule has 2 aromatic carbocycles. The number of tetrazole rings is 1. The van der Waals surface area contributed by atoms with Crippen LogP contribution in [0.2, 0.25) is 0 Å². The van der Waals surface area contributed by atoms with Crippen molar-refractivity contribution in [1.82, 2.24) is 20.2 Å². The first-order chi connectivity index (χ1) is 15.0. The van der Waals surface area contributed by atoms with E-state index in [9.17, 15) is 15.0 Å². The number of carboxylic acids is 1. The summed E-state index contributed by atoms with van der Waals surface area (Å²) in [4.78, 5) is 10.8. The minimum Gasteiger partial charge on any atom is -0.481 e. The quantitative estimate of drug-likeness (QED) is 0.454. The van der Waals surface area contributed by atoms with Gasteiger partial charge < -0.3 is 15.3 Å². The van der Waals surface area contributed by atoms with E-state index < -0.39 is 24.6 Å². The highest BCUT2D eigenvalue weighted by molar-refractivity contribution is 6.00. The Labute approximate surface area is 179 Å². The minimum atomic E-state index is -1.15. The summed E-state index contributed by atoms with van der Waals surface area (Å²) in [6.07, 6.45) is 0.501.